The fraction of sp³-hybridized carbons (Fsp3) is 0.935. The van der Waals surface area contributed by atoms with Gasteiger partial charge in [-0.2, -0.15) is 0 Å². The standard InChI is InChI=1S/C31H58O2/c1-30(2)26-22-20-18-16-14-12-10-8-6-4-3-5-7-9-11-13-15-17-19-21-24-28-32-31-27-23-25-29-33-31/h30-31H,3-17,19,21-29H2,1-2H3. The van der Waals surface area contributed by atoms with Crippen molar-refractivity contribution in [2.75, 3.05) is 13.2 Å². The van der Waals surface area contributed by atoms with Gasteiger partial charge in [-0.25, -0.2) is 0 Å². The Kier molecular flexibility index (Phi) is 22.7. The molecule has 0 aromatic heterocycles. The van der Waals surface area contributed by atoms with Gasteiger partial charge in [0.2, 0.25) is 0 Å². The summed E-state index contributed by atoms with van der Waals surface area (Å²) in [5.41, 5.74) is 0. The fourth-order valence-corrected chi connectivity index (χ4v) is 4.56. The lowest BCUT2D eigenvalue weighted by molar-refractivity contribution is -0.162. The Morgan fingerprint density at radius 2 is 1.12 bits per heavy atom. The number of hydrogen-bond donors (Lipinski definition) is 0. The molecule has 194 valence electrons. The molecular weight excluding hydrogens is 404 g/mol. The molecule has 1 heterocycles. The molecule has 1 atom stereocenters. The Labute approximate surface area is 208 Å². The van der Waals surface area contributed by atoms with Crippen molar-refractivity contribution < 1.29 is 9.47 Å². The van der Waals surface area contributed by atoms with Gasteiger partial charge in [0.25, 0.3) is 0 Å². The highest BCUT2D eigenvalue weighted by Gasteiger charge is 2.13. The molecule has 1 rings (SSSR count). The molecule has 0 aromatic carbocycles. The van der Waals surface area contributed by atoms with Crippen molar-refractivity contribution in [1.82, 2.24) is 0 Å². The molecule has 0 radical (unpaired) electrons. The van der Waals surface area contributed by atoms with Crippen LogP contribution in [0.25, 0.3) is 0 Å². The van der Waals surface area contributed by atoms with Gasteiger partial charge in [0.05, 0.1) is 0 Å². The van der Waals surface area contributed by atoms with Crippen molar-refractivity contribution in [3.8, 4) is 11.8 Å². The molecule has 2 nitrogen and oxygen atoms in total. The molecule has 2 heteroatoms. The van der Waals surface area contributed by atoms with E-state index in [2.05, 4.69) is 25.7 Å². The second-order valence-electron chi connectivity index (χ2n) is 10.7. The minimum Gasteiger partial charge on any atom is -0.353 e. The van der Waals surface area contributed by atoms with Crippen molar-refractivity contribution >= 4 is 0 Å². The van der Waals surface area contributed by atoms with Crippen LogP contribution in [0.4, 0.5) is 0 Å². The molecule has 0 amide bonds. The third-order valence-corrected chi connectivity index (χ3v) is 6.86. The van der Waals surface area contributed by atoms with E-state index in [-0.39, 0.29) is 6.29 Å². The van der Waals surface area contributed by atoms with E-state index < -0.39 is 0 Å². The Bertz CT molecular complexity index is 442. The van der Waals surface area contributed by atoms with Gasteiger partial charge >= 0.3 is 0 Å². The Hall–Kier alpha value is -0.520. The van der Waals surface area contributed by atoms with Crippen molar-refractivity contribution in [2.45, 2.75) is 168 Å². The summed E-state index contributed by atoms with van der Waals surface area (Å²) in [6, 6.07) is 0. The maximum Gasteiger partial charge on any atom is 0.157 e. The maximum atomic E-state index is 5.81. The first-order valence-electron chi connectivity index (χ1n) is 15.0. The molecule has 1 aliphatic heterocycles. The molecule has 0 spiro atoms. The van der Waals surface area contributed by atoms with Gasteiger partial charge < -0.3 is 9.47 Å². The van der Waals surface area contributed by atoms with E-state index >= 15 is 0 Å². The smallest absolute Gasteiger partial charge is 0.157 e. The summed E-state index contributed by atoms with van der Waals surface area (Å²) < 4.78 is 11.4. The highest BCUT2D eigenvalue weighted by Crippen LogP contribution is 2.16. The molecule has 1 saturated heterocycles. The second-order valence-corrected chi connectivity index (χ2v) is 10.7. The van der Waals surface area contributed by atoms with Crippen molar-refractivity contribution in [1.29, 1.82) is 0 Å². The van der Waals surface area contributed by atoms with E-state index in [1.54, 1.807) is 0 Å². The average molecular weight is 463 g/mol. The average Bonchev–Trinajstić information content (AvgIpc) is 2.82. The lowest BCUT2D eigenvalue weighted by Gasteiger charge is -2.22. The Morgan fingerprint density at radius 3 is 1.61 bits per heavy atom. The zero-order chi connectivity index (χ0) is 23.7. The summed E-state index contributed by atoms with van der Waals surface area (Å²) in [6.45, 7) is 6.33. The SMILES string of the molecule is CC(C)CCC#CCCCCCCCCCCCCCCCCCCCOC1CCCCO1. The first kappa shape index (κ1) is 30.5. The van der Waals surface area contributed by atoms with Crippen LogP contribution in [0.3, 0.4) is 0 Å². The van der Waals surface area contributed by atoms with Crippen LogP contribution >= 0.6 is 0 Å². The quantitative estimate of drug-likeness (QED) is 0.118. The van der Waals surface area contributed by atoms with Crippen LogP contribution in [0.5, 0.6) is 0 Å². The van der Waals surface area contributed by atoms with Gasteiger partial charge in [0, 0.05) is 26.1 Å². The van der Waals surface area contributed by atoms with Crippen LogP contribution in [0.2, 0.25) is 0 Å². The molecule has 0 aliphatic carbocycles. The zero-order valence-corrected chi connectivity index (χ0v) is 22.6. The highest BCUT2D eigenvalue weighted by atomic mass is 16.7. The predicted octanol–water partition coefficient (Wildman–Crippen LogP) is 9.99. The Balaban J connectivity index is 1.65. The van der Waals surface area contributed by atoms with Gasteiger partial charge in [0.15, 0.2) is 6.29 Å². The molecule has 33 heavy (non-hydrogen) atoms. The lowest BCUT2D eigenvalue weighted by Crippen LogP contribution is -2.22. The topological polar surface area (TPSA) is 18.5 Å². The van der Waals surface area contributed by atoms with E-state index in [1.807, 2.05) is 0 Å². The number of unbranched alkanes of at least 4 members (excludes halogenated alkanes) is 17. The zero-order valence-electron chi connectivity index (χ0n) is 22.6. The van der Waals surface area contributed by atoms with Crippen LogP contribution in [0, 0.1) is 17.8 Å². The van der Waals surface area contributed by atoms with E-state index in [0.29, 0.717) is 0 Å². The van der Waals surface area contributed by atoms with Gasteiger partial charge in [0.1, 0.15) is 0 Å². The number of rotatable bonds is 22. The minimum absolute atomic E-state index is 0.0958. The summed E-state index contributed by atoms with van der Waals surface area (Å²) in [6.07, 6.45) is 31.0. The summed E-state index contributed by atoms with van der Waals surface area (Å²) in [5.74, 6) is 7.47. The molecule has 1 aliphatic rings. The van der Waals surface area contributed by atoms with Crippen LogP contribution < -0.4 is 0 Å². The van der Waals surface area contributed by atoms with Crippen molar-refractivity contribution in [3.63, 3.8) is 0 Å². The van der Waals surface area contributed by atoms with Gasteiger partial charge in [-0.1, -0.05) is 110 Å². The molecule has 0 bridgehead atoms. The normalized spacial score (nSPS) is 16.2. The van der Waals surface area contributed by atoms with Gasteiger partial charge in [-0.15, -0.1) is 11.8 Å². The van der Waals surface area contributed by atoms with Gasteiger partial charge in [-0.3, -0.25) is 0 Å². The van der Waals surface area contributed by atoms with Crippen LogP contribution in [-0.2, 0) is 9.47 Å². The third-order valence-electron chi connectivity index (χ3n) is 6.86. The summed E-state index contributed by atoms with van der Waals surface area (Å²) >= 11 is 0. The molecular formula is C31H58O2. The first-order valence-corrected chi connectivity index (χ1v) is 15.0. The number of ether oxygens (including phenoxy) is 2. The minimum atomic E-state index is 0.0958. The van der Waals surface area contributed by atoms with Crippen LogP contribution in [0.1, 0.15) is 162 Å². The summed E-state index contributed by atoms with van der Waals surface area (Å²) in [5, 5.41) is 0. The van der Waals surface area contributed by atoms with E-state index in [9.17, 15) is 0 Å². The fourth-order valence-electron chi connectivity index (χ4n) is 4.56. The van der Waals surface area contributed by atoms with Crippen LogP contribution in [-0.4, -0.2) is 19.5 Å². The largest absolute Gasteiger partial charge is 0.353 e. The van der Waals surface area contributed by atoms with Gasteiger partial charge in [-0.05, 0) is 44.4 Å². The van der Waals surface area contributed by atoms with E-state index in [1.165, 1.54) is 128 Å². The molecule has 1 unspecified atom stereocenters. The maximum absolute atomic E-state index is 5.81. The first-order chi connectivity index (χ1) is 16.3. The van der Waals surface area contributed by atoms with Crippen LogP contribution in [0.15, 0.2) is 0 Å². The number of hydrogen-bond acceptors (Lipinski definition) is 2. The van der Waals surface area contributed by atoms with Crippen molar-refractivity contribution in [3.05, 3.63) is 0 Å². The molecule has 0 N–H and O–H groups in total. The Morgan fingerprint density at radius 1 is 0.636 bits per heavy atom. The lowest BCUT2D eigenvalue weighted by atomic mass is 10.0. The molecule has 1 fully saturated rings. The monoisotopic (exact) mass is 462 g/mol. The van der Waals surface area contributed by atoms with E-state index in [4.69, 9.17) is 9.47 Å². The van der Waals surface area contributed by atoms with Crippen molar-refractivity contribution in [2.24, 2.45) is 5.92 Å². The van der Waals surface area contributed by atoms with E-state index in [0.717, 1.165) is 38.4 Å². The summed E-state index contributed by atoms with van der Waals surface area (Å²) in [4.78, 5) is 0. The third kappa shape index (κ3) is 23.0. The molecule has 0 aromatic rings. The highest BCUT2D eigenvalue weighted by molar-refractivity contribution is 4.98. The summed E-state index contributed by atoms with van der Waals surface area (Å²) in [7, 11) is 0. The second kappa shape index (κ2) is 24.6. The predicted molar refractivity (Wildman–Crippen MR) is 144 cm³/mol. The molecule has 0 saturated carbocycles.